The number of nitrogens with zero attached hydrogens (tertiary/aromatic N) is 1. The van der Waals surface area contributed by atoms with E-state index in [-0.39, 0.29) is 6.42 Å². The molecule has 1 fully saturated rings. The number of aliphatic carboxylic acids is 1. The zero-order valence-electron chi connectivity index (χ0n) is 14.2. The Morgan fingerprint density at radius 3 is 2.62 bits per heavy atom. The van der Waals surface area contributed by atoms with Gasteiger partial charge in [0.1, 0.15) is 0 Å². The molecule has 1 aliphatic rings. The summed E-state index contributed by atoms with van der Waals surface area (Å²) in [7, 11) is 0. The summed E-state index contributed by atoms with van der Waals surface area (Å²) in [6.45, 7) is 2.86. The van der Waals surface area contributed by atoms with Crippen LogP contribution in [0.3, 0.4) is 0 Å². The molecular formula is C18H17N2O6-. The number of benzene rings is 1. The van der Waals surface area contributed by atoms with Crippen molar-refractivity contribution in [2.45, 2.75) is 32.1 Å². The summed E-state index contributed by atoms with van der Waals surface area (Å²) >= 11 is 0. The van der Waals surface area contributed by atoms with Crippen molar-refractivity contribution < 1.29 is 29.0 Å². The SMILES string of the molecule is CC1(C)OC(=O)C(C=NC(Cc2c[nH]c3ccccc23)C(=O)[O-])C(=O)O1. The number of H-pyrrole nitrogens is 1. The van der Waals surface area contributed by atoms with Crippen molar-refractivity contribution in [2.75, 3.05) is 0 Å². The highest BCUT2D eigenvalue weighted by Gasteiger charge is 2.42. The number of hydrogen-bond acceptors (Lipinski definition) is 7. The van der Waals surface area contributed by atoms with Crippen LogP contribution in [-0.4, -0.2) is 40.9 Å². The molecule has 2 heterocycles. The van der Waals surface area contributed by atoms with Gasteiger partial charge in [0, 0.05) is 43.6 Å². The maximum absolute atomic E-state index is 11.9. The van der Waals surface area contributed by atoms with Crippen LogP contribution < -0.4 is 5.11 Å². The molecule has 1 N–H and O–H groups in total. The van der Waals surface area contributed by atoms with Crippen LogP contribution in [0.4, 0.5) is 0 Å². The lowest BCUT2D eigenvalue weighted by Crippen LogP contribution is -2.47. The monoisotopic (exact) mass is 357 g/mol. The van der Waals surface area contributed by atoms with E-state index in [1.807, 2.05) is 24.3 Å². The second kappa shape index (κ2) is 6.62. The molecule has 0 bridgehead atoms. The number of nitrogens with one attached hydrogen (secondary N) is 1. The Balaban J connectivity index is 1.79. The van der Waals surface area contributed by atoms with Gasteiger partial charge in [0.2, 0.25) is 0 Å². The third-order valence-corrected chi connectivity index (χ3v) is 3.98. The summed E-state index contributed by atoms with van der Waals surface area (Å²) in [5.74, 6) is -5.83. The van der Waals surface area contributed by atoms with Gasteiger partial charge >= 0.3 is 11.9 Å². The molecule has 26 heavy (non-hydrogen) atoms. The molecule has 8 nitrogen and oxygen atoms in total. The van der Waals surface area contributed by atoms with Gasteiger partial charge in [-0.2, -0.15) is 0 Å². The summed E-state index contributed by atoms with van der Waals surface area (Å²) in [6.07, 6.45) is 2.70. The van der Waals surface area contributed by atoms with Gasteiger partial charge in [0.25, 0.3) is 5.79 Å². The van der Waals surface area contributed by atoms with Gasteiger partial charge < -0.3 is 24.4 Å². The average Bonchev–Trinajstić information content (AvgIpc) is 2.95. The van der Waals surface area contributed by atoms with Crippen LogP contribution in [0.25, 0.3) is 10.9 Å². The van der Waals surface area contributed by atoms with E-state index in [9.17, 15) is 19.5 Å². The lowest BCUT2D eigenvalue weighted by molar-refractivity contribution is -0.307. The summed E-state index contributed by atoms with van der Waals surface area (Å²) in [5, 5.41) is 12.3. The van der Waals surface area contributed by atoms with Crippen molar-refractivity contribution >= 4 is 35.0 Å². The van der Waals surface area contributed by atoms with E-state index in [0.29, 0.717) is 0 Å². The van der Waals surface area contributed by atoms with Crippen LogP contribution in [0.5, 0.6) is 0 Å². The number of fused-ring (bicyclic) bond motifs is 1. The van der Waals surface area contributed by atoms with E-state index in [1.165, 1.54) is 13.8 Å². The van der Waals surface area contributed by atoms with Crippen molar-refractivity contribution in [2.24, 2.45) is 10.9 Å². The molecule has 1 unspecified atom stereocenters. The zero-order chi connectivity index (χ0) is 18.9. The minimum absolute atomic E-state index is 0.0468. The smallest absolute Gasteiger partial charge is 0.329 e. The summed E-state index contributed by atoms with van der Waals surface area (Å²) in [4.78, 5) is 42.2. The van der Waals surface area contributed by atoms with Crippen LogP contribution in [0.2, 0.25) is 0 Å². The molecule has 1 aliphatic heterocycles. The van der Waals surface area contributed by atoms with Crippen LogP contribution in [-0.2, 0) is 30.3 Å². The highest BCUT2D eigenvalue weighted by atomic mass is 16.7. The Morgan fingerprint density at radius 2 is 1.96 bits per heavy atom. The first kappa shape index (κ1) is 17.7. The summed E-state index contributed by atoms with van der Waals surface area (Å²) in [5.41, 5.74) is 1.60. The molecule has 0 saturated carbocycles. The summed E-state index contributed by atoms with van der Waals surface area (Å²) < 4.78 is 9.94. The molecule has 1 aromatic carbocycles. The maximum Gasteiger partial charge on any atom is 0.329 e. The molecule has 8 heteroatoms. The number of cyclic esters (lactones) is 2. The number of hydrogen-bond donors (Lipinski definition) is 1. The number of carbonyl (C=O) groups is 3. The van der Waals surface area contributed by atoms with Crippen LogP contribution >= 0.6 is 0 Å². The molecule has 2 aromatic rings. The zero-order valence-corrected chi connectivity index (χ0v) is 14.2. The van der Waals surface area contributed by atoms with Gasteiger partial charge in [-0.3, -0.25) is 14.6 Å². The number of aliphatic imine (C=N–C) groups is 1. The van der Waals surface area contributed by atoms with Crippen molar-refractivity contribution in [3.05, 3.63) is 36.0 Å². The van der Waals surface area contributed by atoms with Gasteiger partial charge in [-0.25, -0.2) is 0 Å². The van der Waals surface area contributed by atoms with Crippen molar-refractivity contribution in [1.29, 1.82) is 0 Å². The molecule has 0 radical (unpaired) electrons. The Morgan fingerprint density at radius 1 is 1.31 bits per heavy atom. The van der Waals surface area contributed by atoms with E-state index in [2.05, 4.69) is 9.98 Å². The first-order valence-electron chi connectivity index (χ1n) is 8.02. The van der Waals surface area contributed by atoms with Gasteiger partial charge in [-0.1, -0.05) is 18.2 Å². The van der Waals surface area contributed by atoms with E-state index in [4.69, 9.17) is 9.47 Å². The van der Waals surface area contributed by atoms with Crippen molar-refractivity contribution in [3.63, 3.8) is 0 Å². The fraction of sp³-hybridized carbons (Fsp3) is 0.333. The van der Waals surface area contributed by atoms with Crippen molar-refractivity contribution in [1.82, 2.24) is 4.98 Å². The number of esters is 2. The lowest BCUT2D eigenvalue weighted by Gasteiger charge is -2.31. The molecule has 1 aromatic heterocycles. The fourth-order valence-corrected chi connectivity index (χ4v) is 2.75. The van der Waals surface area contributed by atoms with Crippen LogP contribution in [0.15, 0.2) is 35.5 Å². The maximum atomic E-state index is 11.9. The van der Waals surface area contributed by atoms with Gasteiger partial charge in [-0.05, 0) is 11.6 Å². The highest BCUT2D eigenvalue weighted by molar-refractivity contribution is 6.10. The molecule has 0 aliphatic carbocycles. The average molecular weight is 357 g/mol. The Labute approximate surface area is 148 Å². The number of para-hydroxylation sites is 1. The van der Waals surface area contributed by atoms with Gasteiger partial charge in [0.15, 0.2) is 5.92 Å². The number of carbonyl (C=O) groups excluding carboxylic acids is 3. The first-order valence-corrected chi connectivity index (χ1v) is 8.02. The minimum atomic E-state index is -1.41. The van der Waals surface area contributed by atoms with Gasteiger partial charge in [-0.15, -0.1) is 0 Å². The Bertz CT molecular complexity index is 878. The lowest BCUT2D eigenvalue weighted by atomic mass is 10.0. The second-order valence-electron chi connectivity index (χ2n) is 6.42. The van der Waals surface area contributed by atoms with E-state index in [0.717, 1.165) is 22.7 Å². The topological polar surface area (TPSA) is 121 Å². The summed E-state index contributed by atoms with van der Waals surface area (Å²) in [6, 6.07) is 6.16. The number of ether oxygens (including phenoxy) is 2. The molecular weight excluding hydrogens is 340 g/mol. The molecule has 0 amide bonds. The van der Waals surface area contributed by atoms with E-state index >= 15 is 0 Å². The molecule has 1 saturated heterocycles. The molecule has 3 rings (SSSR count). The third-order valence-electron chi connectivity index (χ3n) is 3.98. The van der Waals surface area contributed by atoms with E-state index < -0.39 is 35.7 Å². The number of carboxylic acid groups (broad SMARTS) is 1. The largest absolute Gasteiger partial charge is 0.548 e. The Kier molecular flexibility index (Phi) is 4.50. The molecule has 136 valence electrons. The normalized spacial score (nSPS) is 18.7. The van der Waals surface area contributed by atoms with Gasteiger partial charge in [0.05, 0.1) is 12.0 Å². The predicted octanol–water partition coefficient (Wildman–Crippen LogP) is 0.352. The fourth-order valence-electron chi connectivity index (χ4n) is 2.75. The van der Waals surface area contributed by atoms with Crippen LogP contribution in [0, 0.1) is 5.92 Å². The number of carboxylic acids is 1. The molecule has 0 spiro atoms. The third kappa shape index (κ3) is 3.58. The second-order valence-corrected chi connectivity index (χ2v) is 6.42. The first-order chi connectivity index (χ1) is 12.3. The Hall–Kier alpha value is -3.16. The number of aromatic nitrogens is 1. The molecule has 1 atom stereocenters. The highest BCUT2D eigenvalue weighted by Crippen LogP contribution is 2.23. The number of rotatable bonds is 5. The predicted molar refractivity (Wildman–Crippen MR) is 89.0 cm³/mol. The van der Waals surface area contributed by atoms with E-state index in [1.54, 1.807) is 6.20 Å². The van der Waals surface area contributed by atoms with Crippen molar-refractivity contribution in [3.8, 4) is 0 Å². The number of aromatic amines is 1. The minimum Gasteiger partial charge on any atom is -0.548 e. The van der Waals surface area contributed by atoms with Crippen LogP contribution in [0.1, 0.15) is 19.4 Å². The standard InChI is InChI=1S/C18H18N2O6/c1-18(2)25-16(23)12(17(24)26-18)9-20-14(15(21)22)7-10-8-19-13-6-4-3-5-11(10)13/h3-6,8-9,12,14,19H,7H2,1-2H3,(H,21,22)/p-1. The quantitative estimate of drug-likeness (QED) is 0.468.